The topological polar surface area (TPSA) is 83.8 Å². The maximum absolute atomic E-state index is 12.7. The van der Waals surface area contributed by atoms with Crippen molar-refractivity contribution < 1.29 is 13.3 Å². The number of anilines is 1. The van der Waals surface area contributed by atoms with E-state index in [2.05, 4.69) is 0 Å². The van der Waals surface area contributed by atoms with Crippen LogP contribution in [-0.2, 0) is 10.0 Å². The minimum absolute atomic E-state index is 0.0349. The number of hydrogen-bond donors (Lipinski definition) is 0. The van der Waals surface area contributed by atoms with Gasteiger partial charge in [0.05, 0.1) is 9.82 Å². The summed E-state index contributed by atoms with van der Waals surface area (Å²) in [6.45, 7) is 1.74. The molecule has 2 aromatic carbocycles. The fourth-order valence-electron chi connectivity index (χ4n) is 2.73. The monoisotopic (exact) mass is 381 g/mol. The van der Waals surface area contributed by atoms with Crippen LogP contribution in [0.3, 0.4) is 0 Å². The highest BCUT2D eigenvalue weighted by Crippen LogP contribution is 2.23. The molecule has 1 aliphatic heterocycles. The van der Waals surface area contributed by atoms with E-state index in [-0.39, 0.29) is 10.6 Å². The summed E-state index contributed by atoms with van der Waals surface area (Å²) in [5.41, 5.74) is 0.877. The largest absolute Gasteiger partial charge is 0.369 e. The summed E-state index contributed by atoms with van der Waals surface area (Å²) in [6, 6.07) is 12.4. The van der Waals surface area contributed by atoms with Crippen LogP contribution in [-0.4, -0.2) is 43.8 Å². The summed E-state index contributed by atoms with van der Waals surface area (Å²) < 4.78 is 26.7. The molecule has 25 heavy (non-hydrogen) atoms. The normalized spacial score (nSPS) is 16.0. The maximum atomic E-state index is 12.7. The Morgan fingerprint density at radius 1 is 0.920 bits per heavy atom. The zero-order chi connectivity index (χ0) is 18.0. The van der Waals surface area contributed by atoms with Crippen LogP contribution < -0.4 is 4.90 Å². The quantitative estimate of drug-likeness (QED) is 0.600. The molecule has 9 heteroatoms. The van der Waals surface area contributed by atoms with Gasteiger partial charge >= 0.3 is 0 Å². The highest BCUT2D eigenvalue weighted by Gasteiger charge is 2.28. The van der Waals surface area contributed by atoms with Crippen molar-refractivity contribution in [2.24, 2.45) is 0 Å². The van der Waals surface area contributed by atoms with Gasteiger partial charge in [-0.05, 0) is 36.4 Å². The van der Waals surface area contributed by atoms with Crippen LogP contribution >= 0.6 is 11.6 Å². The fraction of sp³-hybridized carbons (Fsp3) is 0.250. The van der Waals surface area contributed by atoms with Gasteiger partial charge in [0.2, 0.25) is 10.0 Å². The second-order valence-electron chi connectivity index (χ2n) is 5.62. The van der Waals surface area contributed by atoms with E-state index in [9.17, 15) is 18.5 Å². The van der Waals surface area contributed by atoms with E-state index in [1.54, 1.807) is 24.3 Å². The van der Waals surface area contributed by atoms with Crippen molar-refractivity contribution in [3.05, 3.63) is 63.7 Å². The molecule has 1 saturated heterocycles. The van der Waals surface area contributed by atoms with Gasteiger partial charge in [-0.1, -0.05) is 11.6 Å². The fourth-order valence-corrected chi connectivity index (χ4v) is 4.28. The van der Waals surface area contributed by atoms with Crippen molar-refractivity contribution in [1.82, 2.24) is 4.31 Å². The van der Waals surface area contributed by atoms with Crippen molar-refractivity contribution in [3.63, 3.8) is 0 Å². The smallest absolute Gasteiger partial charge is 0.269 e. The summed E-state index contributed by atoms with van der Waals surface area (Å²) in [4.78, 5) is 12.5. The predicted molar refractivity (Wildman–Crippen MR) is 95.5 cm³/mol. The molecule has 3 rings (SSSR count). The number of nitro benzene ring substituents is 1. The summed E-state index contributed by atoms with van der Waals surface area (Å²) >= 11 is 5.81. The first-order valence-electron chi connectivity index (χ1n) is 7.63. The lowest BCUT2D eigenvalue weighted by Gasteiger charge is -2.35. The second-order valence-corrected chi connectivity index (χ2v) is 7.99. The van der Waals surface area contributed by atoms with Crippen LogP contribution in [0.15, 0.2) is 53.4 Å². The molecule has 1 fully saturated rings. The molecular weight excluding hydrogens is 366 g/mol. The molecule has 0 N–H and O–H groups in total. The molecule has 132 valence electrons. The number of benzene rings is 2. The molecule has 0 aromatic heterocycles. The van der Waals surface area contributed by atoms with Gasteiger partial charge in [-0.25, -0.2) is 8.42 Å². The van der Waals surface area contributed by atoms with Gasteiger partial charge in [0.1, 0.15) is 0 Å². The summed E-state index contributed by atoms with van der Waals surface area (Å²) in [5, 5.41) is 11.2. The van der Waals surface area contributed by atoms with Crippen LogP contribution in [0.1, 0.15) is 0 Å². The van der Waals surface area contributed by atoms with Crippen molar-refractivity contribution in [3.8, 4) is 0 Å². The molecule has 0 unspecified atom stereocenters. The van der Waals surface area contributed by atoms with Gasteiger partial charge in [0.25, 0.3) is 5.69 Å². The van der Waals surface area contributed by atoms with Gasteiger partial charge in [-0.15, -0.1) is 0 Å². The molecule has 1 aliphatic rings. The maximum Gasteiger partial charge on any atom is 0.269 e. The first-order chi connectivity index (χ1) is 11.9. The summed E-state index contributed by atoms with van der Waals surface area (Å²) in [6.07, 6.45) is 0. The van der Waals surface area contributed by atoms with E-state index in [4.69, 9.17) is 11.6 Å². The zero-order valence-electron chi connectivity index (χ0n) is 13.2. The molecule has 0 amide bonds. The molecule has 0 radical (unpaired) electrons. The van der Waals surface area contributed by atoms with E-state index in [0.717, 1.165) is 5.69 Å². The Morgan fingerprint density at radius 2 is 1.48 bits per heavy atom. The Hall–Kier alpha value is -2.16. The third kappa shape index (κ3) is 3.76. The van der Waals surface area contributed by atoms with Gasteiger partial charge in [0, 0.05) is 49.0 Å². The summed E-state index contributed by atoms with van der Waals surface area (Å²) in [7, 11) is -3.54. The lowest BCUT2D eigenvalue weighted by Crippen LogP contribution is -2.48. The van der Waals surface area contributed by atoms with E-state index >= 15 is 0 Å². The minimum atomic E-state index is -3.54. The highest BCUT2D eigenvalue weighted by molar-refractivity contribution is 7.89. The molecular formula is C16H16ClN3O4S. The van der Waals surface area contributed by atoms with Gasteiger partial charge in [-0.3, -0.25) is 10.1 Å². The van der Waals surface area contributed by atoms with Crippen LogP contribution in [0.2, 0.25) is 5.02 Å². The third-order valence-corrected chi connectivity index (χ3v) is 6.28. The average Bonchev–Trinajstić information content (AvgIpc) is 2.62. The highest BCUT2D eigenvalue weighted by atomic mass is 35.5. The SMILES string of the molecule is O=[N+]([O-])c1ccc(N2CCN(S(=O)(=O)c3ccc(Cl)cc3)CC2)cc1. The van der Waals surface area contributed by atoms with Crippen molar-refractivity contribution in [2.45, 2.75) is 4.90 Å². The van der Waals surface area contributed by atoms with Crippen LogP contribution in [0.25, 0.3) is 0 Å². The minimum Gasteiger partial charge on any atom is -0.369 e. The number of nitro groups is 1. The first-order valence-corrected chi connectivity index (χ1v) is 9.45. The number of piperazine rings is 1. The van der Waals surface area contributed by atoms with Gasteiger partial charge in [0.15, 0.2) is 0 Å². The van der Waals surface area contributed by atoms with E-state index in [0.29, 0.717) is 31.2 Å². The van der Waals surface area contributed by atoms with Crippen LogP contribution in [0.4, 0.5) is 11.4 Å². The van der Waals surface area contributed by atoms with E-state index in [1.807, 2.05) is 4.90 Å². The second kappa shape index (κ2) is 6.99. The van der Waals surface area contributed by atoms with Crippen LogP contribution in [0, 0.1) is 10.1 Å². The first kappa shape index (κ1) is 17.7. The molecule has 0 aliphatic carbocycles. The molecule has 0 bridgehead atoms. The Bertz CT molecular complexity index is 861. The zero-order valence-corrected chi connectivity index (χ0v) is 14.8. The lowest BCUT2D eigenvalue weighted by molar-refractivity contribution is -0.384. The Balaban J connectivity index is 1.69. The van der Waals surface area contributed by atoms with Crippen LogP contribution in [0.5, 0.6) is 0 Å². The Morgan fingerprint density at radius 3 is 2.00 bits per heavy atom. The number of sulfonamides is 1. The number of hydrogen-bond acceptors (Lipinski definition) is 5. The molecule has 0 spiro atoms. The average molecular weight is 382 g/mol. The predicted octanol–water partition coefficient (Wildman–Crippen LogP) is 2.76. The molecule has 1 heterocycles. The molecule has 0 saturated carbocycles. The van der Waals surface area contributed by atoms with E-state index in [1.165, 1.54) is 28.6 Å². The van der Waals surface area contributed by atoms with Crippen molar-refractivity contribution >= 4 is 33.0 Å². The van der Waals surface area contributed by atoms with Crippen molar-refractivity contribution in [2.75, 3.05) is 31.1 Å². The van der Waals surface area contributed by atoms with Crippen molar-refractivity contribution in [1.29, 1.82) is 0 Å². The van der Waals surface area contributed by atoms with E-state index < -0.39 is 14.9 Å². The third-order valence-electron chi connectivity index (χ3n) is 4.12. The molecule has 7 nitrogen and oxygen atoms in total. The standard InChI is InChI=1S/C16H16ClN3O4S/c17-13-1-7-16(8-2-13)25(23,24)19-11-9-18(10-12-19)14-3-5-15(6-4-14)20(21)22/h1-8H,9-12H2. The number of nitrogens with zero attached hydrogens (tertiary/aromatic N) is 3. The number of rotatable bonds is 4. The van der Waals surface area contributed by atoms with Gasteiger partial charge < -0.3 is 4.90 Å². The lowest BCUT2D eigenvalue weighted by atomic mass is 10.2. The summed E-state index contributed by atoms with van der Waals surface area (Å²) in [5.74, 6) is 0. The number of non-ortho nitro benzene ring substituents is 1. The molecule has 2 aromatic rings. The Kier molecular flexibility index (Phi) is 4.94. The number of halogens is 1. The molecule has 0 atom stereocenters. The van der Waals surface area contributed by atoms with Gasteiger partial charge in [-0.2, -0.15) is 4.31 Å². The Labute approximate surface area is 150 Å².